The number of halogens is 1. The number of hydrogen-bond donors (Lipinski definition) is 5. The van der Waals surface area contributed by atoms with Crippen molar-refractivity contribution in [2.75, 3.05) is 31.2 Å². The van der Waals surface area contributed by atoms with Crippen molar-refractivity contribution in [3.05, 3.63) is 52.5 Å². The minimum absolute atomic E-state index is 0.278. The van der Waals surface area contributed by atoms with Crippen LogP contribution in [0.15, 0.2) is 29.3 Å². The van der Waals surface area contributed by atoms with Crippen molar-refractivity contribution >= 4 is 45.8 Å². The third kappa shape index (κ3) is 6.88. The van der Waals surface area contributed by atoms with E-state index in [-0.39, 0.29) is 11.9 Å². The van der Waals surface area contributed by atoms with E-state index in [9.17, 15) is 9.18 Å². The highest BCUT2D eigenvalue weighted by Gasteiger charge is 2.24. The molecule has 7 N–H and O–H groups in total. The maximum atomic E-state index is 14.8. The number of aromatic amines is 1. The van der Waals surface area contributed by atoms with Gasteiger partial charge in [-0.3, -0.25) is 9.79 Å². The number of benzene rings is 2. The first-order valence-electron chi connectivity index (χ1n) is 14.1. The van der Waals surface area contributed by atoms with Crippen LogP contribution in [0.25, 0.3) is 10.9 Å². The number of fused-ring (bicyclic) bond motifs is 1. The molecule has 1 atom stereocenters. The van der Waals surface area contributed by atoms with Gasteiger partial charge in [-0.25, -0.2) is 4.39 Å². The fraction of sp³-hybridized carbons (Fsp3) is 0.452. The van der Waals surface area contributed by atoms with E-state index in [1.165, 1.54) is 25.1 Å². The van der Waals surface area contributed by atoms with Crippen LogP contribution in [0.4, 0.5) is 21.5 Å². The van der Waals surface area contributed by atoms with Gasteiger partial charge < -0.3 is 32.1 Å². The molecule has 1 amide bonds. The molecule has 1 fully saturated rings. The molecule has 0 bridgehead atoms. The number of rotatable bonds is 8. The van der Waals surface area contributed by atoms with E-state index < -0.39 is 11.8 Å². The zero-order chi connectivity index (χ0) is 29.6. The molecule has 0 radical (unpaired) electrons. The number of H-pyrrole nitrogens is 1. The quantitative estimate of drug-likeness (QED) is 0.168. The van der Waals surface area contributed by atoms with Gasteiger partial charge in [0, 0.05) is 51.4 Å². The molecule has 216 valence electrons. The van der Waals surface area contributed by atoms with Crippen LogP contribution in [0, 0.1) is 18.2 Å². The summed E-state index contributed by atoms with van der Waals surface area (Å²) in [4.78, 5) is 22.6. The topological polar surface area (TPSA) is 136 Å². The number of aryl methyl sites for hydroxylation is 1. The third-order valence-corrected chi connectivity index (χ3v) is 7.59. The Bertz CT molecular complexity index is 1380. The summed E-state index contributed by atoms with van der Waals surface area (Å²) < 4.78 is 14.8. The zero-order valence-electron chi connectivity index (χ0n) is 24.6. The number of nitrogens with one attached hydrogen (secondary N) is 3. The van der Waals surface area contributed by atoms with E-state index >= 15 is 0 Å². The Balaban J connectivity index is 0.00000103. The van der Waals surface area contributed by atoms with Crippen LogP contribution in [-0.4, -0.2) is 53.9 Å². The predicted molar refractivity (Wildman–Crippen MR) is 166 cm³/mol. The number of amides is 1. The SMILES string of the molecule is CC(=Nc1c(C(C)C(N)=O)[nH]c2ccc(N)c(C=N)c12)c1cc(F)c(C)cc1NC1CCN(C)CC1.CCCC. The Morgan fingerprint density at radius 3 is 2.50 bits per heavy atom. The van der Waals surface area contributed by atoms with Crippen molar-refractivity contribution in [2.45, 2.75) is 72.3 Å². The van der Waals surface area contributed by atoms with E-state index in [2.05, 4.69) is 36.1 Å². The maximum Gasteiger partial charge on any atom is 0.226 e. The smallest absolute Gasteiger partial charge is 0.226 e. The molecule has 0 spiro atoms. The number of anilines is 2. The van der Waals surface area contributed by atoms with Crippen LogP contribution < -0.4 is 16.8 Å². The molecular formula is C31H44FN7O. The Labute approximate surface area is 236 Å². The fourth-order valence-corrected chi connectivity index (χ4v) is 4.76. The highest BCUT2D eigenvalue weighted by Crippen LogP contribution is 2.39. The molecule has 2 aromatic carbocycles. The van der Waals surface area contributed by atoms with Gasteiger partial charge in [0.1, 0.15) is 5.82 Å². The van der Waals surface area contributed by atoms with Gasteiger partial charge in [-0.2, -0.15) is 0 Å². The van der Waals surface area contributed by atoms with Crippen LogP contribution in [0.1, 0.15) is 81.7 Å². The van der Waals surface area contributed by atoms with Crippen LogP contribution in [0.2, 0.25) is 0 Å². The van der Waals surface area contributed by atoms with Crippen LogP contribution in [0.3, 0.4) is 0 Å². The van der Waals surface area contributed by atoms with Gasteiger partial charge in [-0.05, 0) is 83.6 Å². The summed E-state index contributed by atoms with van der Waals surface area (Å²) in [5.74, 6) is -1.48. The molecule has 2 heterocycles. The van der Waals surface area contributed by atoms with Crippen molar-refractivity contribution in [1.29, 1.82) is 5.41 Å². The lowest BCUT2D eigenvalue weighted by atomic mass is 10.0. The lowest BCUT2D eigenvalue weighted by molar-refractivity contribution is -0.119. The van der Waals surface area contributed by atoms with Crippen molar-refractivity contribution < 1.29 is 9.18 Å². The first-order chi connectivity index (χ1) is 19.0. The van der Waals surface area contributed by atoms with E-state index in [1.54, 1.807) is 26.0 Å². The number of unbranched alkanes of at least 4 members (excludes halogenated alkanes) is 1. The largest absolute Gasteiger partial charge is 0.398 e. The van der Waals surface area contributed by atoms with Crippen molar-refractivity contribution in [1.82, 2.24) is 9.88 Å². The van der Waals surface area contributed by atoms with Crippen molar-refractivity contribution in [2.24, 2.45) is 10.7 Å². The van der Waals surface area contributed by atoms with Crippen molar-refractivity contribution in [3.63, 3.8) is 0 Å². The van der Waals surface area contributed by atoms with E-state index in [0.29, 0.717) is 50.4 Å². The Morgan fingerprint density at radius 1 is 1.27 bits per heavy atom. The molecule has 40 heavy (non-hydrogen) atoms. The lowest BCUT2D eigenvalue weighted by Gasteiger charge is -2.31. The summed E-state index contributed by atoms with van der Waals surface area (Å²) >= 11 is 0. The molecule has 1 aliphatic rings. The zero-order valence-corrected chi connectivity index (χ0v) is 24.6. The average Bonchev–Trinajstić information content (AvgIpc) is 3.29. The van der Waals surface area contributed by atoms with Gasteiger partial charge in [-0.15, -0.1) is 0 Å². The highest BCUT2D eigenvalue weighted by molar-refractivity contribution is 6.13. The number of carbonyl (C=O) groups excluding carboxylic acids is 1. The molecule has 8 nitrogen and oxygen atoms in total. The number of nitrogens with two attached hydrogens (primary N) is 2. The van der Waals surface area contributed by atoms with Gasteiger partial charge in [0.25, 0.3) is 0 Å². The minimum atomic E-state index is -0.657. The molecule has 1 saturated heterocycles. The second-order valence-electron chi connectivity index (χ2n) is 10.7. The minimum Gasteiger partial charge on any atom is -0.398 e. The van der Waals surface area contributed by atoms with Crippen LogP contribution >= 0.6 is 0 Å². The van der Waals surface area contributed by atoms with Gasteiger partial charge in [0.2, 0.25) is 5.91 Å². The number of aromatic nitrogens is 1. The van der Waals surface area contributed by atoms with Gasteiger partial charge in [0.05, 0.1) is 17.3 Å². The number of aliphatic imine (C=N–C) groups is 1. The summed E-state index contributed by atoms with van der Waals surface area (Å²) in [6.45, 7) is 11.6. The molecule has 1 aliphatic heterocycles. The Morgan fingerprint density at radius 2 is 1.93 bits per heavy atom. The number of hydrogen-bond acceptors (Lipinski definition) is 6. The fourth-order valence-electron chi connectivity index (χ4n) is 4.76. The van der Waals surface area contributed by atoms with Gasteiger partial charge in [-0.1, -0.05) is 26.7 Å². The van der Waals surface area contributed by atoms with Crippen LogP contribution in [0.5, 0.6) is 0 Å². The number of likely N-dealkylation sites (tertiary alicyclic amines) is 1. The normalized spacial score (nSPS) is 15.4. The highest BCUT2D eigenvalue weighted by atomic mass is 19.1. The average molecular weight is 550 g/mol. The standard InChI is InChI=1S/C27H34FN7O.C4H10/c1-14-11-23(33-17-7-9-35(4)10-8-17)18(12-20(14)28)16(3)32-26-24-19(13-29)21(30)5-6-22(24)34-25(26)15(2)27(31)36;1-3-4-2/h5-6,11-13,15,17,29,33-34H,7-10,30H2,1-4H3,(H2,31,36);3-4H2,1-2H3. The van der Waals surface area contributed by atoms with Gasteiger partial charge in [0.15, 0.2) is 0 Å². The van der Waals surface area contributed by atoms with E-state index in [1.807, 2.05) is 13.0 Å². The first-order valence-corrected chi connectivity index (χ1v) is 14.1. The Kier molecular flexibility index (Phi) is 10.5. The maximum absolute atomic E-state index is 14.8. The number of primary amides is 1. The molecule has 0 aliphatic carbocycles. The summed E-state index contributed by atoms with van der Waals surface area (Å²) in [7, 11) is 2.11. The molecule has 4 rings (SSSR count). The Hall–Kier alpha value is -3.72. The van der Waals surface area contributed by atoms with E-state index in [0.717, 1.165) is 31.6 Å². The van der Waals surface area contributed by atoms with Crippen LogP contribution in [-0.2, 0) is 4.79 Å². The number of carbonyl (C=O) groups is 1. The van der Waals surface area contributed by atoms with E-state index in [4.69, 9.17) is 21.9 Å². The first kappa shape index (κ1) is 30.8. The summed E-state index contributed by atoms with van der Waals surface area (Å²) in [5, 5.41) is 12.2. The predicted octanol–water partition coefficient (Wildman–Crippen LogP) is 6.24. The molecule has 1 unspecified atom stereocenters. The van der Waals surface area contributed by atoms with Gasteiger partial charge >= 0.3 is 0 Å². The molecule has 1 aromatic heterocycles. The molecule has 0 saturated carbocycles. The molecule has 9 heteroatoms. The second kappa shape index (κ2) is 13.6. The third-order valence-electron chi connectivity index (χ3n) is 7.59. The number of nitrogen functional groups attached to an aromatic ring is 1. The monoisotopic (exact) mass is 549 g/mol. The molecular weight excluding hydrogens is 505 g/mol. The summed E-state index contributed by atoms with van der Waals surface area (Å²) in [5.41, 5.74) is 17.0. The second-order valence-corrected chi connectivity index (χ2v) is 10.7. The summed E-state index contributed by atoms with van der Waals surface area (Å²) in [6, 6.07) is 7.11. The molecule has 3 aromatic rings. The number of nitrogens with zero attached hydrogens (tertiary/aromatic N) is 2. The van der Waals surface area contributed by atoms with Crippen molar-refractivity contribution in [3.8, 4) is 0 Å². The number of piperidine rings is 1. The lowest BCUT2D eigenvalue weighted by Crippen LogP contribution is -2.37. The summed E-state index contributed by atoms with van der Waals surface area (Å²) in [6.07, 6.45) is 5.80.